The summed E-state index contributed by atoms with van der Waals surface area (Å²) in [5.41, 5.74) is 11.9. The number of amides is 1. The molecule has 1 amide bonds. The lowest BCUT2D eigenvalue weighted by Crippen LogP contribution is -2.40. The molecule has 6 heterocycles. The van der Waals surface area contributed by atoms with Crippen molar-refractivity contribution in [3.63, 3.8) is 0 Å². The van der Waals surface area contributed by atoms with Crippen LogP contribution in [0.15, 0.2) is 55.1 Å². The summed E-state index contributed by atoms with van der Waals surface area (Å²) in [5, 5.41) is 5.53. The van der Waals surface area contributed by atoms with Crippen LogP contribution in [-0.2, 0) is 4.74 Å². The monoisotopic (exact) mass is 482 g/mol. The molecule has 182 valence electrons. The Balaban J connectivity index is 1.44. The van der Waals surface area contributed by atoms with Crippen molar-refractivity contribution in [3.05, 3.63) is 71.9 Å². The van der Waals surface area contributed by atoms with Crippen LogP contribution >= 0.6 is 0 Å². The highest BCUT2D eigenvalue weighted by Crippen LogP contribution is 2.34. The van der Waals surface area contributed by atoms with Crippen LogP contribution in [0.5, 0.6) is 0 Å². The highest BCUT2D eigenvalue weighted by atomic mass is 16.5. The summed E-state index contributed by atoms with van der Waals surface area (Å²) < 4.78 is 9.36. The number of anilines is 1. The zero-order valence-corrected chi connectivity index (χ0v) is 20.1. The van der Waals surface area contributed by atoms with Gasteiger partial charge in [-0.3, -0.25) is 9.78 Å². The molecular weight excluding hydrogens is 456 g/mol. The smallest absolute Gasteiger partial charge is 0.255 e. The van der Waals surface area contributed by atoms with E-state index in [2.05, 4.69) is 33.4 Å². The highest BCUT2D eigenvalue weighted by Gasteiger charge is 2.24. The number of ether oxygens (including phenoxy) is 1. The number of pyridine rings is 2. The first kappa shape index (κ1) is 22.2. The van der Waals surface area contributed by atoms with E-state index in [9.17, 15) is 4.79 Å². The topological polar surface area (TPSA) is 116 Å². The lowest BCUT2D eigenvalue weighted by Gasteiger charge is -2.26. The summed E-state index contributed by atoms with van der Waals surface area (Å²) >= 11 is 0. The number of nitrogens with two attached hydrogens (primary N) is 1. The number of carbonyl (C=O) groups excluding carboxylic acids is 1. The summed E-state index contributed by atoms with van der Waals surface area (Å²) in [6.07, 6.45) is 5.14. The van der Waals surface area contributed by atoms with Gasteiger partial charge in [-0.25, -0.2) is 14.6 Å². The van der Waals surface area contributed by atoms with Gasteiger partial charge in [-0.2, -0.15) is 5.10 Å². The molecule has 1 unspecified atom stereocenters. The van der Waals surface area contributed by atoms with Crippen LogP contribution in [0.3, 0.4) is 0 Å². The van der Waals surface area contributed by atoms with Gasteiger partial charge in [-0.15, -0.1) is 0 Å². The van der Waals surface area contributed by atoms with Crippen molar-refractivity contribution in [1.29, 1.82) is 0 Å². The third-order valence-electron chi connectivity index (χ3n) is 6.77. The van der Waals surface area contributed by atoms with Gasteiger partial charge >= 0.3 is 0 Å². The maximum absolute atomic E-state index is 12.9. The van der Waals surface area contributed by atoms with E-state index < -0.39 is 0 Å². The Morgan fingerprint density at radius 3 is 2.72 bits per heavy atom. The summed E-state index contributed by atoms with van der Waals surface area (Å²) in [7, 11) is 0. The van der Waals surface area contributed by atoms with Gasteiger partial charge in [0.05, 0.1) is 47.3 Å². The van der Waals surface area contributed by atoms with E-state index in [-0.39, 0.29) is 11.9 Å². The Morgan fingerprint density at radius 2 is 1.94 bits per heavy atom. The molecule has 6 rings (SSSR count). The molecule has 36 heavy (non-hydrogen) atoms. The van der Waals surface area contributed by atoms with Gasteiger partial charge in [-0.1, -0.05) is 6.07 Å². The van der Waals surface area contributed by atoms with Gasteiger partial charge in [0.25, 0.3) is 5.91 Å². The minimum atomic E-state index is -0.165. The molecule has 1 saturated heterocycles. The van der Waals surface area contributed by atoms with Gasteiger partial charge in [-0.05, 0) is 44.2 Å². The van der Waals surface area contributed by atoms with Crippen LogP contribution in [0.4, 0.5) is 5.82 Å². The number of rotatable bonds is 4. The molecule has 5 aromatic heterocycles. The standard InChI is InChI=1S/C26H26N8O2/c1-16-22-24(27)29-15-30-25(22)34(31-16)17(2)20-13-19-5-3-4-8-33(19)23(20)21-7-6-18(14-28-21)26(35)32-9-11-36-12-10-32/h3-8,13-15,17H,9-12H2,1-2H3,(H2,27,29,30). The first-order valence-corrected chi connectivity index (χ1v) is 11.9. The molecule has 1 atom stereocenters. The van der Waals surface area contributed by atoms with Gasteiger partial charge in [0.2, 0.25) is 0 Å². The van der Waals surface area contributed by atoms with Gasteiger partial charge in [0, 0.05) is 36.6 Å². The molecule has 0 spiro atoms. The predicted octanol–water partition coefficient (Wildman–Crippen LogP) is 3.11. The van der Waals surface area contributed by atoms with Crippen LogP contribution in [0.1, 0.15) is 34.6 Å². The zero-order valence-electron chi connectivity index (χ0n) is 20.1. The number of morpholine rings is 1. The molecule has 10 nitrogen and oxygen atoms in total. The first-order valence-electron chi connectivity index (χ1n) is 11.9. The van der Waals surface area contributed by atoms with E-state index in [0.717, 1.165) is 33.5 Å². The summed E-state index contributed by atoms with van der Waals surface area (Å²) in [4.78, 5) is 28.1. The Bertz CT molecular complexity index is 1580. The van der Waals surface area contributed by atoms with Crippen LogP contribution in [0.25, 0.3) is 27.9 Å². The fraction of sp³-hybridized carbons (Fsp3) is 0.269. The van der Waals surface area contributed by atoms with Crippen molar-refractivity contribution in [3.8, 4) is 11.4 Å². The minimum absolute atomic E-state index is 0.0262. The van der Waals surface area contributed by atoms with E-state index in [1.807, 2.05) is 42.1 Å². The van der Waals surface area contributed by atoms with Crippen molar-refractivity contribution in [1.82, 2.24) is 34.0 Å². The Morgan fingerprint density at radius 1 is 1.11 bits per heavy atom. The van der Waals surface area contributed by atoms with Gasteiger partial charge in [0.1, 0.15) is 12.1 Å². The Kier molecular flexibility index (Phi) is 5.37. The second-order valence-electron chi connectivity index (χ2n) is 8.94. The maximum atomic E-state index is 12.9. The Labute approximate surface area is 207 Å². The largest absolute Gasteiger partial charge is 0.383 e. The van der Waals surface area contributed by atoms with Crippen LogP contribution < -0.4 is 5.73 Å². The quantitative estimate of drug-likeness (QED) is 0.418. The number of aromatic nitrogens is 6. The van der Waals surface area contributed by atoms with E-state index >= 15 is 0 Å². The molecule has 0 aliphatic carbocycles. The molecule has 1 aliphatic rings. The number of carbonyl (C=O) groups is 1. The molecule has 2 N–H and O–H groups in total. The lowest BCUT2D eigenvalue weighted by atomic mass is 10.1. The van der Waals surface area contributed by atoms with Gasteiger partial charge in [0.15, 0.2) is 5.65 Å². The number of hydrogen-bond acceptors (Lipinski definition) is 7. The fourth-order valence-corrected chi connectivity index (χ4v) is 4.91. The Hall–Kier alpha value is -4.31. The minimum Gasteiger partial charge on any atom is -0.383 e. The molecule has 0 aromatic carbocycles. The predicted molar refractivity (Wildman–Crippen MR) is 136 cm³/mol. The first-order chi connectivity index (χ1) is 17.5. The maximum Gasteiger partial charge on any atom is 0.255 e. The van der Waals surface area contributed by atoms with Crippen molar-refractivity contribution < 1.29 is 9.53 Å². The molecule has 1 fully saturated rings. The normalized spacial score (nSPS) is 15.0. The van der Waals surface area contributed by atoms with Crippen molar-refractivity contribution >= 4 is 28.3 Å². The van der Waals surface area contributed by atoms with E-state index in [4.69, 9.17) is 20.6 Å². The number of nitrogen functional groups attached to an aromatic ring is 1. The summed E-state index contributed by atoms with van der Waals surface area (Å²) in [6.45, 7) is 6.31. The number of hydrogen-bond donors (Lipinski definition) is 1. The van der Waals surface area contributed by atoms with Crippen LogP contribution in [-0.4, -0.2) is 66.2 Å². The van der Waals surface area contributed by atoms with E-state index in [0.29, 0.717) is 43.3 Å². The van der Waals surface area contributed by atoms with Crippen molar-refractivity contribution in [2.24, 2.45) is 0 Å². The van der Waals surface area contributed by atoms with Crippen molar-refractivity contribution in [2.45, 2.75) is 19.9 Å². The van der Waals surface area contributed by atoms with Crippen LogP contribution in [0.2, 0.25) is 0 Å². The second-order valence-corrected chi connectivity index (χ2v) is 8.94. The third kappa shape index (κ3) is 3.57. The average Bonchev–Trinajstić information content (AvgIpc) is 3.47. The highest BCUT2D eigenvalue weighted by molar-refractivity contribution is 5.94. The number of nitrogens with zero attached hydrogens (tertiary/aromatic N) is 7. The third-order valence-corrected chi connectivity index (χ3v) is 6.77. The molecular formula is C26H26N8O2. The molecule has 0 bridgehead atoms. The molecule has 0 radical (unpaired) electrons. The zero-order chi connectivity index (χ0) is 24.8. The average molecular weight is 483 g/mol. The fourth-order valence-electron chi connectivity index (χ4n) is 4.91. The SMILES string of the molecule is Cc1nn(C(C)c2cc3ccccn3c2-c2ccc(C(=O)N3CCOCC3)cn2)c2ncnc(N)c12. The number of aryl methyl sites for hydroxylation is 1. The second kappa shape index (κ2) is 8.72. The molecule has 5 aromatic rings. The van der Waals surface area contributed by atoms with E-state index in [1.54, 1.807) is 11.1 Å². The lowest BCUT2D eigenvalue weighted by molar-refractivity contribution is 0.0302. The molecule has 1 aliphatic heterocycles. The molecule has 0 saturated carbocycles. The number of fused-ring (bicyclic) bond motifs is 2. The summed E-state index contributed by atoms with van der Waals surface area (Å²) in [6, 6.07) is 11.8. The van der Waals surface area contributed by atoms with Gasteiger partial charge < -0.3 is 19.8 Å². The van der Waals surface area contributed by atoms with E-state index in [1.165, 1.54) is 6.33 Å². The van der Waals surface area contributed by atoms with Crippen LogP contribution in [0, 0.1) is 6.92 Å². The van der Waals surface area contributed by atoms with Crippen molar-refractivity contribution in [2.75, 3.05) is 32.0 Å². The molecule has 10 heteroatoms. The summed E-state index contributed by atoms with van der Waals surface area (Å²) in [5.74, 6) is 0.391.